The SMILES string of the molecule is CCc1cc(N)c2oc(-c3ccccc3F)nc2c1. The summed E-state index contributed by atoms with van der Waals surface area (Å²) in [4.78, 5) is 4.33. The van der Waals surface area contributed by atoms with Gasteiger partial charge in [0.1, 0.15) is 11.3 Å². The van der Waals surface area contributed by atoms with Gasteiger partial charge in [-0.3, -0.25) is 0 Å². The lowest BCUT2D eigenvalue weighted by atomic mass is 10.1. The van der Waals surface area contributed by atoms with Crippen LogP contribution in [-0.4, -0.2) is 4.98 Å². The van der Waals surface area contributed by atoms with Gasteiger partial charge in [0.15, 0.2) is 5.58 Å². The molecule has 3 aromatic rings. The fourth-order valence-electron chi connectivity index (χ4n) is 2.07. The summed E-state index contributed by atoms with van der Waals surface area (Å²) in [6.45, 7) is 2.04. The van der Waals surface area contributed by atoms with E-state index in [-0.39, 0.29) is 11.7 Å². The van der Waals surface area contributed by atoms with Crippen molar-refractivity contribution in [3.05, 3.63) is 47.8 Å². The smallest absolute Gasteiger partial charge is 0.230 e. The number of nitrogen functional groups attached to an aromatic ring is 1. The van der Waals surface area contributed by atoms with Crippen LogP contribution in [0.3, 0.4) is 0 Å². The number of nitrogens with two attached hydrogens (primary N) is 1. The van der Waals surface area contributed by atoms with Gasteiger partial charge in [-0.2, -0.15) is 0 Å². The van der Waals surface area contributed by atoms with Crippen LogP contribution in [0.25, 0.3) is 22.6 Å². The van der Waals surface area contributed by atoms with Gasteiger partial charge >= 0.3 is 0 Å². The van der Waals surface area contributed by atoms with Crippen molar-refractivity contribution < 1.29 is 8.81 Å². The number of hydrogen-bond acceptors (Lipinski definition) is 3. The van der Waals surface area contributed by atoms with Crippen LogP contribution >= 0.6 is 0 Å². The normalized spacial score (nSPS) is 11.1. The molecule has 2 aromatic carbocycles. The van der Waals surface area contributed by atoms with Crippen LogP contribution < -0.4 is 5.73 Å². The fourth-order valence-corrected chi connectivity index (χ4v) is 2.07. The van der Waals surface area contributed by atoms with E-state index in [1.807, 2.05) is 19.1 Å². The van der Waals surface area contributed by atoms with E-state index in [1.165, 1.54) is 6.07 Å². The first-order chi connectivity index (χ1) is 9.19. The van der Waals surface area contributed by atoms with Crippen LogP contribution in [0.4, 0.5) is 10.1 Å². The zero-order valence-electron chi connectivity index (χ0n) is 10.5. The Balaban J connectivity index is 2.22. The number of rotatable bonds is 2. The summed E-state index contributed by atoms with van der Waals surface area (Å²) in [7, 11) is 0. The topological polar surface area (TPSA) is 52.0 Å². The van der Waals surface area contributed by atoms with Gasteiger partial charge in [0.05, 0.1) is 11.3 Å². The van der Waals surface area contributed by atoms with E-state index in [9.17, 15) is 4.39 Å². The number of oxazole rings is 1. The lowest BCUT2D eigenvalue weighted by Crippen LogP contribution is -1.88. The molecule has 0 spiro atoms. The summed E-state index contributed by atoms with van der Waals surface area (Å²) in [5, 5.41) is 0. The predicted octanol–water partition coefficient (Wildman–Crippen LogP) is 3.78. The number of anilines is 1. The molecule has 0 amide bonds. The summed E-state index contributed by atoms with van der Waals surface area (Å²) >= 11 is 0. The average Bonchev–Trinajstić information content (AvgIpc) is 2.83. The molecule has 0 radical (unpaired) electrons. The summed E-state index contributed by atoms with van der Waals surface area (Å²) in [5.41, 5.74) is 9.06. The standard InChI is InChI=1S/C15H13FN2O/c1-2-9-7-12(17)14-13(8-9)18-15(19-14)10-5-3-4-6-11(10)16/h3-8H,2,17H2,1H3. The number of hydrogen-bond donors (Lipinski definition) is 1. The average molecular weight is 256 g/mol. The fraction of sp³-hybridized carbons (Fsp3) is 0.133. The lowest BCUT2D eigenvalue weighted by Gasteiger charge is -1.98. The Morgan fingerprint density at radius 2 is 2.05 bits per heavy atom. The molecular formula is C15H13FN2O. The van der Waals surface area contributed by atoms with Gasteiger partial charge in [0.2, 0.25) is 5.89 Å². The monoisotopic (exact) mass is 256 g/mol. The molecule has 0 aliphatic rings. The zero-order valence-corrected chi connectivity index (χ0v) is 10.5. The largest absolute Gasteiger partial charge is 0.434 e. The van der Waals surface area contributed by atoms with Gasteiger partial charge in [-0.05, 0) is 36.2 Å². The van der Waals surface area contributed by atoms with Crippen LogP contribution in [0.15, 0.2) is 40.8 Å². The van der Waals surface area contributed by atoms with Gasteiger partial charge < -0.3 is 10.2 Å². The van der Waals surface area contributed by atoms with E-state index < -0.39 is 0 Å². The number of aryl methyl sites for hydroxylation is 1. The quantitative estimate of drug-likeness (QED) is 0.710. The van der Waals surface area contributed by atoms with E-state index in [1.54, 1.807) is 18.2 Å². The van der Waals surface area contributed by atoms with Gasteiger partial charge in [0.25, 0.3) is 0 Å². The van der Waals surface area contributed by atoms with Crippen LogP contribution in [0.1, 0.15) is 12.5 Å². The summed E-state index contributed by atoms with van der Waals surface area (Å²) in [5.74, 6) is -0.101. The molecular weight excluding hydrogens is 243 g/mol. The Morgan fingerprint density at radius 1 is 1.26 bits per heavy atom. The van der Waals surface area contributed by atoms with E-state index in [0.29, 0.717) is 22.4 Å². The minimum absolute atomic E-state index is 0.257. The molecule has 3 nitrogen and oxygen atoms in total. The molecule has 0 atom stereocenters. The first-order valence-electron chi connectivity index (χ1n) is 6.13. The minimum atomic E-state index is -0.358. The van der Waals surface area contributed by atoms with Crippen molar-refractivity contribution >= 4 is 16.8 Å². The van der Waals surface area contributed by atoms with E-state index in [4.69, 9.17) is 10.2 Å². The van der Waals surface area contributed by atoms with Crippen LogP contribution in [0.5, 0.6) is 0 Å². The highest BCUT2D eigenvalue weighted by Crippen LogP contribution is 2.30. The van der Waals surface area contributed by atoms with Crippen molar-refractivity contribution in [2.45, 2.75) is 13.3 Å². The highest BCUT2D eigenvalue weighted by Gasteiger charge is 2.14. The van der Waals surface area contributed by atoms with Gasteiger partial charge in [0, 0.05) is 0 Å². The Labute approximate surface area is 109 Å². The third-order valence-electron chi connectivity index (χ3n) is 3.09. The molecule has 0 fully saturated rings. The molecule has 0 aliphatic heterocycles. The molecule has 0 saturated carbocycles. The maximum absolute atomic E-state index is 13.7. The van der Waals surface area contributed by atoms with E-state index >= 15 is 0 Å². The molecule has 0 saturated heterocycles. The molecule has 1 aromatic heterocycles. The zero-order chi connectivity index (χ0) is 13.4. The van der Waals surface area contributed by atoms with E-state index in [2.05, 4.69) is 4.98 Å². The molecule has 96 valence electrons. The Hall–Kier alpha value is -2.36. The Kier molecular flexibility index (Phi) is 2.71. The second kappa shape index (κ2) is 4.39. The number of nitrogens with zero attached hydrogens (tertiary/aromatic N) is 1. The molecule has 19 heavy (non-hydrogen) atoms. The van der Waals surface area contributed by atoms with Crippen molar-refractivity contribution in [2.24, 2.45) is 0 Å². The summed E-state index contributed by atoms with van der Waals surface area (Å²) in [6.07, 6.45) is 0.863. The molecule has 3 rings (SSSR count). The van der Waals surface area contributed by atoms with Crippen molar-refractivity contribution in [2.75, 3.05) is 5.73 Å². The van der Waals surface area contributed by atoms with E-state index in [0.717, 1.165) is 12.0 Å². The predicted molar refractivity (Wildman–Crippen MR) is 73.2 cm³/mol. The molecule has 2 N–H and O–H groups in total. The van der Waals surface area contributed by atoms with Crippen LogP contribution in [0, 0.1) is 5.82 Å². The minimum Gasteiger partial charge on any atom is -0.434 e. The number of benzene rings is 2. The first-order valence-corrected chi connectivity index (χ1v) is 6.13. The molecule has 0 unspecified atom stereocenters. The number of halogens is 1. The molecule has 0 bridgehead atoms. The summed E-state index contributed by atoms with van der Waals surface area (Å²) in [6, 6.07) is 10.2. The second-order valence-electron chi connectivity index (χ2n) is 4.39. The highest BCUT2D eigenvalue weighted by atomic mass is 19.1. The Morgan fingerprint density at radius 3 is 2.79 bits per heavy atom. The van der Waals surface area contributed by atoms with Gasteiger partial charge in [-0.1, -0.05) is 19.1 Å². The summed E-state index contributed by atoms with van der Waals surface area (Å²) < 4.78 is 19.3. The maximum Gasteiger partial charge on any atom is 0.230 e. The first kappa shape index (κ1) is 11.7. The second-order valence-corrected chi connectivity index (χ2v) is 4.39. The Bertz CT molecular complexity index is 749. The maximum atomic E-state index is 13.7. The van der Waals surface area contributed by atoms with Crippen molar-refractivity contribution in [3.63, 3.8) is 0 Å². The number of fused-ring (bicyclic) bond motifs is 1. The lowest BCUT2D eigenvalue weighted by molar-refractivity contribution is 0.594. The van der Waals surface area contributed by atoms with Gasteiger partial charge in [-0.25, -0.2) is 9.37 Å². The van der Waals surface area contributed by atoms with Crippen LogP contribution in [-0.2, 0) is 6.42 Å². The van der Waals surface area contributed by atoms with Gasteiger partial charge in [-0.15, -0.1) is 0 Å². The van der Waals surface area contributed by atoms with Crippen LogP contribution in [0.2, 0.25) is 0 Å². The molecule has 1 heterocycles. The van der Waals surface area contributed by atoms with Crippen molar-refractivity contribution in [1.29, 1.82) is 0 Å². The third-order valence-corrected chi connectivity index (χ3v) is 3.09. The molecule has 0 aliphatic carbocycles. The number of aromatic nitrogens is 1. The third kappa shape index (κ3) is 1.95. The highest BCUT2D eigenvalue weighted by molar-refractivity contribution is 5.87. The molecule has 4 heteroatoms. The van der Waals surface area contributed by atoms with Crippen molar-refractivity contribution in [3.8, 4) is 11.5 Å². The van der Waals surface area contributed by atoms with Crippen molar-refractivity contribution in [1.82, 2.24) is 4.98 Å².